The number of aromatic nitrogens is 6. The van der Waals surface area contributed by atoms with E-state index in [0.29, 0.717) is 29.3 Å². The van der Waals surface area contributed by atoms with Crippen molar-refractivity contribution in [3.63, 3.8) is 0 Å². The normalized spacial score (nSPS) is 11.6. The Morgan fingerprint density at radius 3 is 2.56 bits per heavy atom. The molecule has 8 heteroatoms. The summed E-state index contributed by atoms with van der Waals surface area (Å²) in [6, 6.07) is 8.26. The van der Waals surface area contributed by atoms with Gasteiger partial charge in [0.25, 0.3) is 0 Å². The van der Waals surface area contributed by atoms with E-state index >= 15 is 0 Å². The van der Waals surface area contributed by atoms with Crippen LogP contribution in [-0.4, -0.2) is 30.3 Å². The van der Waals surface area contributed by atoms with Crippen molar-refractivity contribution >= 4 is 11.8 Å². The summed E-state index contributed by atoms with van der Waals surface area (Å²) in [5, 5.41) is 16.6. The Morgan fingerprint density at radius 2 is 1.88 bits per heavy atom. The van der Waals surface area contributed by atoms with Crippen LogP contribution in [0.3, 0.4) is 0 Å². The molecule has 0 aliphatic heterocycles. The molecule has 25 heavy (non-hydrogen) atoms. The first-order chi connectivity index (χ1) is 12.0. The zero-order chi connectivity index (χ0) is 17.8. The van der Waals surface area contributed by atoms with E-state index in [1.54, 1.807) is 4.68 Å². The summed E-state index contributed by atoms with van der Waals surface area (Å²) in [4.78, 5) is 4.47. The van der Waals surface area contributed by atoms with Crippen LogP contribution in [0.2, 0.25) is 0 Å². The molecule has 0 saturated carbocycles. The lowest BCUT2D eigenvalue weighted by atomic mass is 10.0. The molecule has 0 radical (unpaired) electrons. The van der Waals surface area contributed by atoms with Gasteiger partial charge in [-0.2, -0.15) is 4.98 Å². The number of benzene rings is 1. The lowest BCUT2D eigenvalue weighted by Gasteiger charge is -2.05. The molecule has 0 N–H and O–H groups in total. The fourth-order valence-electron chi connectivity index (χ4n) is 2.33. The standard InChI is InChI=1S/C17H22N6OS/c1-11(2)9-23-17(19-21-22-23)25-10-15-18-16(20-24-15)14-7-5-13(6-8-14)12(3)4/h5-8,11-12H,9-10H2,1-4H3. The molecule has 0 amide bonds. The maximum absolute atomic E-state index is 5.36. The summed E-state index contributed by atoms with van der Waals surface area (Å²) < 4.78 is 7.16. The second-order valence-electron chi connectivity index (χ2n) is 6.61. The predicted octanol–water partition coefficient (Wildman–Crippen LogP) is 3.79. The maximum Gasteiger partial charge on any atom is 0.237 e. The molecule has 1 aromatic carbocycles. The van der Waals surface area contributed by atoms with E-state index in [-0.39, 0.29) is 0 Å². The summed E-state index contributed by atoms with van der Waals surface area (Å²) >= 11 is 1.49. The highest BCUT2D eigenvalue weighted by molar-refractivity contribution is 7.98. The SMILES string of the molecule is CC(C)Cn1nnnc1SCc1nc(-c2ccc(C(C)C)cc2)no1. The van der Waals surface area contributed by atoms with E-state index in [9.17, 15) is 0 Å². The van der Waals surface area contributed by atoms with Gasteiger partial charge in [-0.15, -0.1) is 5.10 Å². The van der Waals surface area contributed by atoms with Crippen molar-refractivity contribution in [3.8, 4) is 11.4 Å². The topological polar surface area (TPSA) is 82.5 Å². The molecule has 0 bridgehead atoms. The smallest absolute Gasteiger partial charge is 0.237 e. The van der Waals surface area contributed by atoms with Crippen molar-refractivity contribution in [3.05, 3.63) is 35.7 Å². The van der Waals surface area contributed by atoms with Gasteiger partial charge >= 0.3 is 0 Å². The summed E-state index contributed by atoms with van der Waals surface area (Å²) in [7, 11) is 0. The Hall–Kier alpha value is -2.22. The van der Waals surface area contributed by atoms with Crippen molar-refractivity contribution in [2.75, 3.05) is 0 Å². The largest absolute Gasteiger partial charge is 0.338 e. The quantitative estimate of drug-likeness (QED) is 0.594. The second-order valence-corrected chi connectivity index (χ2v) is 7.56. The fourth-order valence-corrected chi connectivity index (χ4v) is 3.06. The summed E-state index contributed by atoms with van der Waals surface area (Å²) in [5.41, 5.74) is 2.24. The summed E-state index contributed by atoms with van der Waals surface area (Å²) in [5.74, 6) is 2.68. The van der Waals surface area contributed by atoms with Gasteiger partial charge in [-0.05, 0) is 27.8 Å². The number of hydrogen-bond donors (Lipinski definition) is 0. The summed E-state index contributed by atoms with van der Waals surface area (Å²) in [6.45, 7) is 9.39. The van der Waals surface area contributed by atoms with Crippen molar-refractivity contribution in [2.24, 2.45) is 5.92 Å². The molecule has 0 atom stereocenters. The van der Waals surface area contributed by atoms with Gasteiger partial charge in [0.2, 0.25) is 16.9 Å². The molecule has 2 heterocycles. The number of hydrogen-bond acceptors (Lipinski definition) is 7. The van der Waals surface area contributed by atoms with Gasteiger partial charge in [-0.3, -0.25) is 0 Å². The average Bonchev–Trinajstić information content (AvgIpc) is 3.22. The average molecular weight is 358 g/mol. The first-order valence-electron chi connectivity index (χ1n) is 8.35. The lowest BCUT2D eigenvalue weighted by Crippen LogP contribution is -2.07. The Balaban J connectivity index is 1.65. The van der Waals surface area contributed by atoms with E-state index in [1.807, 2.05) is 12.1 Å². The minimum atomic E-state index is 0.478. The van der Waals surface area contributed by atoms with Crippen LogP contribution in [0, 0.1) is 5.92 Å². The van der Waals surface area contributed by atoms with E-state index in [4.69, 9.17) is 4.52 Å². The Labute approximate surface area is 151 Å². The highest BCUT2D eigenvalue weighted by Crippen LogP contribution is 2.23. The highest BCUT2D eigenvalue weighted by atomic mass is 32.2. The van der Waals surface area contributed by atoms with Gasteiger partial charge in [0.15, 0.2) is 0 Å². The molecule has 0 unspecified atom stereocenters. The maximum atomic E-state index is 5.36. The van der Waals surface area contributed by atoms with E-state index in [1.165, 1.54) is 17.3 Å². The number of rotatable bonds is 7. The molecule has 0 fully saturated rings. The number of nitrogens with zero attached hydrogens (tertiary/aromatic N) is 6. The summed E-state index contributed by atoms with van der Waals surface area (Å²) in [6.07, 6.45) is 0. The Bertz CT molecular complexity index is 809. The Kier molecular flexibility index (Phi) is 5.47. The molecule has 3 aromatic rings. The molecule has 7 nitrogen and oxygen atoms in total. The van der Waals surface area contributed by atoms with E-state index in [2.05, 4.69) is 65.5 Å². The minimum absolute atomic E-state index is 0.478. The van der Waals surface area contributed by atoms with Crippen LogP contribution in [-0.2, 0) is 12.3 Å². The van der Waals surface area contributed by atoms with Gasteiger partial charge in [-0.25, -0.2) is 4.68 Å². The van der Waals surface area contributed by atoms with Crippen LogP contribution in [0.4, 0.5) is 0 Å². The minimum Gasteiger partial charge on any atom is -0.338 e. The third-order valence-corrected chi connectivity index (χ3v) is 4.61. The van der Waals surface area contributed by atoms with Crippen LogP contribution in [0.25, 0.3) is 11.4 Å². The third-order valence-electron chi connectivity index (χ3n) is 3.67. The van der Waals surface area contributed by atoms with Gasteiger partial charge < -0.3 is 4.52 Å². The van der Waals surface area contributed by atoms with E-state index in [0.717, 1.165) is 17.3 Å². The number of thioether (sulfide) groups is 1. The molecule has 132 valence electrons. The molecular weight excluding hydrogens is 336 g/mol. The zero-order valence-electron chi connectivity index (χ0n) is 14.9. The number of tetrazole rings is 1. The first kappa shape index (κ1) is 17.6. The monoisotopic (exact) mass is 358 g/mol. The molecule has 0 aliphatic carbocycles. The van der Waals surface area contributed by atoms with Crippen LogP contribution >= 0.6 is 11.8 Å². The van der Waals surface area contributed by atoms with Gasteiger partial charge in [0.05, 0.1) is 5.75 Å². The van der Waals surface area contributed by atoms with Crippen molar-refractivity contribution in [2.45, 2.75) is 51.1 Å². The van der Waals surface area contributed by atoms with Crippen LogP contribution < -0.4 is 0 Å². The third kappa shape index (κ3) is 4.45. The molecule has 3 rings (SSSR count). The predicted molar refractivity (Wildman–Crippen MR) is 96.0 cm³/mol. The van der Waals surface area contributed by atoms with Gasteiger partial charge in [0, 0.05) is 12.1 Å². The zero-order valence-corrected chi connectivity index (χ0v) is 15.7. The second kappa shape index (κ2) is 7.77. The van der Waals surface area contributed by atoms with Crippen LogP contribution in [0.1, 0.15) is 45.1 Å². The molecule has 0 spiro atoms. The van der Waals surface area contributed by atoms with Crippen LogP contribution in [0.15, 0.2) is 33.9 Å². The molecule has 0 aliphatic rings. The fraction of sp³-hybridized carbons (Fsp3) is 0.471. The van der Waals surface area contributed by atoms with Crippen molar-refractivity contribution in [1.82, 2.24) is 30.3 Å². The molecule has 0 saturated heterocycles. The lowest BCUT2D eigenvalue weighted by molar-refractivity contribution is 0.391. The van der Waals surface area contributed by atoms with Crippen molar-refractivity contribution in [1.29, 1.82) is 0 Å². The molecular formula is C17H22N6OS. The Morgan fingerprint density at radius 1 is 1.12 bits per heavy atom. The van der Waals surface area contributed by atoms with E-state index < -0.39 is 0 Å². The first-order valence-corrected chi connectivity index (χ1v) is 9.33. The van der Waals surface area contributed by atoms with Gasteiger partial charge in [-0.1, -0.05) is 68.9 Å². The van der Waals surface area contributed by atoms with Crippen LogP contribution in [0.5, 0.6) is 0 Å². The van der Waals surface area contributed by atoms with Crippen molar-refractivity contribution < 1.29 is 4.52 Å². The van der Waals surface area contributed by atoms with Gasteiger partial charge in [0.1, 0.15) is 0 Å². The molecule has 2 aromatic heterocycles. The highest BCUT2D eigenvalue weighted by Gasteiger charge is 2.13.